The Kier molecular flexibility index (Phi) is 2.65. The Morgan fingerprint density at radius 2 is 2.24 bits per heavy atom. The van der Waals surface area contributed by atoms with Gasteiger partial charge in [0.05, 0.1) is 0 Å². The van der Waals surface area contributed by atoms with Crippen LogP contribution in [0.25, 0.3) is 10.9 Å². The molecule has 2 N–H and O–H groups in total. The van der Waals surface area contributed by atoms with Crippen molar-refractivity contribution in [1.29, 1.82) is 0 Å². The van der Waals surface area contributed by atoms with Gasteiger partial charge in [0.25, 0.3) is 0 Å². The largest absolute Gasteiger partial charge is 0.361 e. The van der Waals surface area contributed by atoms with E-state index >= 15 is 0 Å². The van der Waals surface area contributed by atoms with E-state index in [2.05, 4.69) is 53.6 Å². The van der Waals surface area contributed by atoms with Crippen molar-refractivity contribution in [2.75, 3.05) is 26.7 Å². The van der Waals surface area contributed by atoms with Gasteiger partial charge in [0.15, 0.2) is 0 Å². The molecule has 0 amide bonds. The van der Waals surface area contributed by atoms with Crippen molar-refractivity contribution in [2.45, 2.75) is 13.0 Å². The maximum absolute atomic E-state index is 3.60. The Hall–Kier alpha value is -1.32. The van der Waals surface area contributed by atoms with E-state index in [4.69, 9.17) is 0 Å². The fourth-order valence-electron chi connectivity index (χ4n) is 2.72. The zero-order chi connectivity index (χ0) is 11.8. The predicted octanol–water partition coefficient (Wildman–Crippen LogP) is 2.05. The van der Waals surface area contributed by atoms with Gasteiger partial charge in [0, 0.05) is 42.8 Å². The zero-order valence-electron chi connectivity index (χ0n) is 10.5. The van der Waals surface area contributed by atoms with Crippen molar-refractivity contribution in [2.24, 2.45) is 0 Å². The summed E-state index contributed by atoms with van der Waals surface area (Å²) in [5, 5.41) is 4.96. The average Bonchev–Trinajstić information content (AvgIpc) is 2.74. The van der Waals surface area contributed by atoms with Crippen molar-refractivity contribution in [3.8, 4) is 0 Å². The van der Waals surface area contributed by atoms with Crippen LogP contribution in [0.5, 0.6) is 0 Å². The third-order valence-corrected chi connectivity index (χ3v) is 3.71. The van der Waals surface area contributed by atoms with Crippen LogP contribution in [0.3, 0.4) is 0 Å². The second-order valence-electron chi connectivity index (χ2n) is 5.01. The molecule has 90 valence electrons. The molecule has 0 aliphatic carbocycles. The fourth-order valence-corrected chi connectivity index (χ4v) is 2.72. The van der Waals surface area contributed by atoms with Gasteiger partial charge >= 0.3 is 0 Å². The lowest BCUT2D eigenvalue weighted by molar-refractivity contribution is 0.241. The molecule has 2 aromatic rings. The topological polar surface area (TPSA) is 31.1 Å². The minimum Gasteiger partial charge on any atom is -0.361 e. The number of nitrogens with zero attached hydrogens (tertiary/aromatic N) is 1. The molecule has 0 bridgehead atoms. The van der Waals surface area contributed by atoms with E-state index in [1.165, 1.54) is 22.0 Å². The SMILES string of the molecule is Cc1cccc2c(C3CN(C)CCN3)c[nH]c12. The molecule has 3 rings (SSSR count). The number of nitrogens with one attached hydrogen (secondary N) is 2. The Morgan fingerprint density at radius 3 is 3.06 bits per heavy atom. The van der Waals surface area contributed by atoms with Crippen molar-refractivity contribution in [1.82, 2.24) is 15.2 Å². The quantitative estimate of drug-likeness (QED) is 0.784. The number of hydrogen-bond acceptors (Lipinski definition) is 2. The molecule has 1 unspecified atom stereocenters. The maximum Gasteiger partial charge on any atom is 0.0487 e. The summed E-state index contributed by atoms with van der Waals surface area (Å²) >= 11 is 0. The highest BCUT2D eigenvalue weighted by Gasteiger charge is 2.20. The molecule has 1 atom stereocenters. The fraction of sp³-hybridized carbons (Fsp3) is 0.429. The van der Waals surface area contributed by atoms with Crippen LogP contribution in [-0.2, 0) is 0 Å². The molecular formula is C14H19N3. The summed E-state index contributed by atoms with van der Waals surface area (Å²) in [7, 11) is 2.19. The van der Waals surface area contributed by atoms with Crippen LogP contribution in [0.15, 0.2) is 24.4 Å². The Morgan fingerprint density at radius 1 is 1.35 bits per heavy atom. The lowest BCUT2D eigenvalue weighted by Gasteiger charge is -2.30. The lowest BCUT2D eigenvalue weighted by Crippen LogP contribution is -2.43. The average molecular weight is 229 g/mol. The van der Waals surface area contributed by atoms with Gasteiger partial charge in [-0.3, -0.25) is 0 Å². The highest BCUT2D eigenvalue weighted by molar-refractivity contribution is 5.86. The molecule has 1 saturated heterocycles. The van der Waals surface area contributed by atoms with Crippen molar-refractivity contribution >= 4 is 10.9 Å². The Bertz CT molecular complexity index is 529. The van der Waals surface area contributed by atoms with E-state index in [0.717, 1.165) is 19.6 Å². The van der Waals surface area contributed by atoms with Crippen LogP contribution in [-0.4, -0.2) is 36.6 Å². The lowest BCUT2D eigenvalue weighted by atomic mass is 10.0. The highest BCUT2D eigenvalue weighted by atomic mass is 15.2. The summed E-state index contributed by atoms with van der Waals surface area (Å²) in [4.78, 5) is 5.79. The molecule has 2 heterocycles. The number of para-hydroxylation sites is 1. The Balaban J connectivity index is 2.02. The van der Waals surface area contributed by atoms with Crippen LogP contribution in [0.2, 0.25) is 0 Å². The molecule has 1 aliphatic rings. The third-order valence-electron chi connectivity index (χ3n) is 3.71. The molecule has 3 nitrogen and oxygen atoms in total. The molecule has 0 saturated carbocycles. The van der Waals surface area contributed by atoms with Gasteiger partial charge < -0.3 is 15.2 Å². The van der Waals surface area contributed by atoms with Gasteiger partial charge in [-0.15, -0.1) is 0 Å². The van der Waals surface area contributed by atoms with E-state index in [1.807, 2.05) is 0 Å². The van der Waals surface area contributed by atoms with E-state index in [1.54, 1.807) is 0 Å². The van der Waals surface area contributed by atoms with E-state index in [9.17, 15) is 0 Å². The molecular weight excluding hydrogens is 210 g/mol. The molecule has 1 aromatic carbocycles. The van der Waals surface area contributed by atoms with Gasteiger partial charge in [-0.2, -0.15) is 0 Å². The minimum absolute atomic E-state index is 0.448. The molecule has 1 aliphatic heterocycles. The van der Waals surface area contributed by atoms with Gasteiger partial charge in [-0.25, -0.2) is 0 Å². The standard InChI is InChI=1S/C14H19N3/c1-10-4-3-5-11-12(8-16-14(10)11)13-9-17(2)7-6-15-13/h3-5,8,13,15-16H,6-7,9H2,1-2H3. The monoisotopic (exact) mass is 229 g/mol. The molecule has 1 fully saturated rings. The van der Waals surface area contributed by atoms with E-state index < -0.39 is 0 Å². The van der Waals surface area contributed by atoms with Crippen molar-refractivity contribution < 1.29 is 0 Å². The predicted molar refractivity (Wildman–Crippen MR) is 71.3 cm³/mol. The first-order valence-corrected chi connectivity index (χ1v) is 6.24. The first-order valence-electron chi connectivity index (χ1n) is 6.24. The van der Waals surface area contributed by atoms with Gasteiger partial charge in [0.1, 0.15) is 0 Å². The number of aromatic amines is 1. The van der Waals surface area contributed by atoms with Crippen molar-refractivity contribution in [3.63, 3.8) is 0 Å². The first kappa shape index (κ1) is 10.8. The number of piperazine rings is 1. The van der Waals surface area contributed by atoms with Gasteiger partial charge in [0.2, 0.25) is 0 Å². The second-order valence-corrected chi connectivity index (χ2v) is 5.01. The zero-order valence-corrected chi connectivity index (χ0v) is 10.5. The highest BCUT2D eigenvalue weighted by Crippen LogP contribution is 2.27. The summed E-state index contributed by atoms with van der Waals surface area (Å²) in [5.74, 6) is 0. The maximum atomic E-state index is 3.60. The van der Waals surface area contributed by atoms with E-state index in [-0.39, 0.29) is 0 Å². The number of hydrogen-bond donors (Lipinski definition) is 2. The molecule has 0 spiro atoms. The summed E-state index contributed by atoms with van der Waals surface area (Å²) in [5.41, 5.74) is 3.99. The summed E-state index contributed by atoms with van der Waals surface area (Å²) in [6.07, 6.45) is 2.16. The number of likely N-dealkylation sites (N-methyl/N-ethyl adjacent to an activating group) is 1. The number of benzene rings is 1. The van der Waals surface area contributed by atoms with Gasteiger partial charge in [-0.1, -0.05) is 18.2 Å². The molecule has 0 radical (unpaired) electrons. The molecule has 1 aromatic heterocycles. The van der Waals surface area contributed by atoms with Crippen molar-refractivity contribution in [3.05, 3.63) is 35.5 Å². The van der Waals surface area contributed by atoms with Crippen LogP contribution < -0.4 is 5.32 Å². The van der Waals surface area contributed by atoms with Gasteiger partial charge in [-0.05, 0) is 25.1 Å². The van der Waals surface area contributed by atoms with Crippen LogP contribution in [0, 0.1) is 6.92 Å². The number of rotatable bonds is 1. The second kappa shape index (κ2) is 4.17. The number of fused-ring (bicyclic) bond motifs is 1. The smallest absolute Gasteiger partial charge is 0.0487 e. The van der Waals surface area contributed by atoms with E-state index in [0.29, 0.717) is 6.04 Å². The normalized spacial score (nSPS) is 22.1. The minimum atomic E-state index is 0.448. The summed E-state index contributed by atoms with van der Waals surface area (Å²) in [6, 6.07) is 6.96. The van der Waals surface area contributed by atoms with Crippen LogP contribution >= 0.6 is 0 Å². The third kappa shape index (κ3) is 1.85. The number of H-pyrrole nitrogens is 1. The number of aromatic nitrogens is 1. The molecule has 17 heavy (non-hydrogen) atoms. The first-order chi connectivity index (χ1) is 8.25. The summed E-state index contributed by atoms with van der Waals surface area (Å²) in [6.45, 7) is 5.45. The van der Waals surface area contributed by atoms with Crippen LogP contribution in [0.1, 0.15) is 17.2 Å². The Labute approximate surface area is 102 Å². The molecule has 3 heteroatoms. The number of aryl methyl sites for hydroxylation is 1. The summed E-state index contributed by atoms with van der Waals surface area (Å²) < 4.78 is 0. The van der Waals surface area contributed by atoms with Crippen LogP contribution in [0.4, 0.5) is 0 Å².